The topological polar surface area (TPSA) is 90.7 Å². The number of rotatable bonds is 7. The number of nitriles is 1. The number of benzene rings is 2. The van der Waals surface area contributed by atoms with E-state index in [1.807, 2.05) is 36.4 Å². The van der Waals surface area contributed by atoms with Gasteiger partial charge in [0.1, 0.15) is 6.54 Å². The van der Waals surface area contributed by atoms with E-state index in [-0.39, 0.29) is 17.3 Å². The van der Waals surface area contributed by atoms with Crippen molar-refractivity contribution in [3.8, 4) is 6.07 Å². The van der Waals surface area contributed by atoms with Crippen molar-refractivity contribution in [1.29, 1.82) is 5.26 Å². The first kappa shape index (κ1) is 19.6. The first-order valence-electron chi connectivity index (χ1n) is 7.73. The molecule has 0 atom stereocenters. The van der Waals surface area contributed by atoms with Crippen molar-refractivity contribution in [3.63, 3.8) is 0 Å². The molecule has 0 aliphatic rings. The fraction of sp³-hybridized carbons (Fsp3) is 0.222. The summed E-state index contributed by atoms with van der Waals surface area (Å²) in [4.78, 5) is 18.8. The lowest BCUT2D eigenvalue weighted by atomic mass is 10.1. The zero-order valence-corrected chi connectivity index (χ0v) is 15.3. The van der Waals surface area contributed by atoms with Crippen LogP contribution in [0.4, 0.5) is 0 Å². The summed E-state index contributed by atoms with van der Waals surface area (Å²) < 4.78 is 25.1. The first-order chi connectivity index (χ1) is 12.4. The van der Waals surface area contributed by atoms with Crippen molar-refractivity contribution >= 4 is 15.9 Å². The Morgan fingerprint density at radius 2 is 1.73 bits per heavy atom. The molecule has 0 unspecified atom stereocenters. The van der Waals surface area contributed by atoms with Crippen LogP contribution in [-0.4, -0.2) is 44.4 Å². The van der Waals surface area contributed by atoms with Crippen molar-refractivity contribution in [1.82, 2.24) is 9.37 Å². The van der Waals surface area contributed by atoms with Crippen molar-refractivity contribution in [2.45, 2.75) is 11.4 Å². The molecule has 0 spiro atoms. The second-order valence-electron chi connectivity index (χ2n) is 5.43. The van der Waals surface area contributed by atoms with Crippen LogP contribution in [-0.2, 0) is 21.4 Å². The molecule has 0 heterocycles. The zero-order chi connectivity index (χ0) is 19.2. The standard InChI is InChI=1S/C18H19N3O4S/c1-20(25-2)26(23,24)17-10-8-16(9-11-17)18(22)21(13-12-19)14-15-6-4-3-5-7-15/h3-11H,13-14H2,1-2H3. The van der Waals surface area contributed by atoms with Gasteiger partial charge < -0.3 is 4.90 Å². The van der Waals surface area contributed by atoms with Gasteiger partial charge in [0, 0.05) is 19.2 Å². The molecular formula is C18H19N3O4S. The Kier molecular flexibility index (Phi) is 6.46. The van der Waals surface area contributed by atoms with E-state index in [9.17, 15) is 13.2 Å². The Labute approximate surface area is 153 Å². The van der Waals surface area contributed by atoms with Crippen molar-refractivity contribution < 1.29 is 18.0 Å². The molecule has 0 N–H and O–H groups in total. The number of carbonyl (C=O) groups is 1. The normalized spacial score (nSPS) is 11.2. The molecule has 0 radical (unpaired) electrons. The highest BCUT2D eigenvalue weighted by Gasteiger charge is 2.22. The van der Waals surface area contributed by atoms with E-state index in [1.54, 1.807) is 0 Å². The SMILES string of the molecule is CON(C)S(=O)(=O)c1ccc(C(=O)N(CC#N)Cc2ccccc2)cc1. The van der Waals surface area contributed by atoms with Gasteiger partial charge in [-0.05, 0) is 29.8 Å². The van der Waals surface area contributed by atoms with Crippen LogP contribution in [0.3, 0.4) is 0 Å². The predicted molar refractivity (Wildman–Crippen MR) is 95.2 cm³/mol. The summed E-state index contributed by atoms with van der Waals surface area (Å²) in [6.45, 7) is 0.222. The molecule has 8 heteroatoms. The number of hydrogen-bond acceptors (Lipinski definition) is 5. The van der Waals surface area contributed by atoms with E-state index >= 15 is 0 Å². The number of hydrogen-bond donors (Lipinski definition) is 0. The maximum atomic E-state index is 12.7. The molecular weight excluding hydrogens is 354 g/mol. The van der Waals surface area contributed by atoms with Crippen LogP contribution in [0.5, 0.6) is 0 Å². The van der Waals surface area contributed by atoms with Crippen LogP contribution in [0.1, 0.15) is 15.9 Å². The highest BCUT2D eigenvalue weighted by Crippen LogP contribution is 2.17. The maximum Gasteiger partial charge on any atom is 0.264 e. The smallest absolute Gasteiger partial charge is 0.264 e. The molecule has 2 aromatic carbocycles. The first-order valence-corrected chi connectivity index (χ1v) is 9.17. The summed E-state index contributed by atoms with van der Waals surface area (Å²) in [5.74, 6) is -0.348. The number of nitrogens with zero attached hydrogens (tertiary/aromatic N) is 3. The molecule has 0 saturated heterocycles. The second kappa shape index (κ2) is 8.58. The average Bonchev–Trinajstić information content (AvgIpc) is 2.67. The Balaban J connectivity index is 2.23. The lowest BCUT2D eigenvalue weighted by Gasteiger charge is -2.20. The summed E-state index contributed by atoms with van der Waals surface area (Å²) in [5, 5.41) is 9.01. The molecule has 26 heavy (non-hydrogen) atoms. The largest absolute Gasteiger partial charge is 0.321 e. The van der Waals surface area contributed by atoms with E-state index in [4.69, 9.17) is 10.1 Å². The summed E-state index contributed by atoms with van der Waals surface area (Å²) in [7, 11) is -1.25. The molecule has 0 saturated carbocycles. The summed E-state index contributed by atoms with van der Waals surface area (Å²) in [6.07, 6.45) is 0. The number of carbonyl (C=O) groups excluding carboxylic acids is 1. The molecule has 1 amide bonds. The molecule has 7 nitrogen and oxygen atoms in total. The fourth-order valence-electron chi connectivity index (χ4n) is 2.29. The molecule has 0 aliphatic heterocycles. The third-order valence-corrected chi connectivity index (χ3v) is 5.45. The minimum atomic E-state index is -3.78. The van der Waals surface area contributed by atoms with Gasteiger partial charge in [-0.15, -0.1) is 0 Å². The van der Waals surface area contributed by atoms with Gasteiger partial charge in [-0.1, -0.05) is 34.8 Å². The van der Waals surface area contributed by atoms with Crippen LogP contribution in [0.2, 0.25) is 0 Å². The van der Waals surface area contributed by atoms with Crippen molar-refractivity contribution in [2.24, 2.45) is 0 Å². The number of hydroxylamine groups is 1. The molecule has 136 valence electrons. The third-order valence-electron chi connectivity index (χ3n) is 3.76. The lowest BCUT2D eigenvalue weighted by molar-refractivity contribution is -0.0258. The minimum absolute atomic E-state index is 0.00768. The highest BCUT2D eigenvalue weighted by atomic mass is 32.2. The van der Waals surface area contributed by atoms with E-state index in [1.165, 1.54) is 43.3 Å². The van der Waals surface area contributed by atoms with E-state index in [2.05, 4.69) is 0 Å². The van der Waals surface area contributed by atoms with Gasteiger partial charge in [0.2, 0.25) is 0 Å². The summed E-state index contributed by atoms with van der Waals surface area (Å²) >= 11 is 0. The van der Waals surface area contributed by atoms with Crippen molar-refractivity contribution in [3.05, 3.63) is 65.7 Å². The molecule has 2 rings (SSSR count). The van der Waals surface area contributed by atoms with Crippen LogP contribution < -0.4 is 0 Å². The summed E-state index contributed by atoms with van der Waals surface area (Å²) in [5.41, 5.74) is 1.20. The van der Waals surface area contributed by atoms with Gasteiger partial charge >= 0.3 is 0 Å². The monoisotopic (exact) mass is 373 g/mol. The van der Waals surface area contributed by atoms with Gasteiger partial charge in [-0.2, -0.15) is 5.26 Å². The van der Waals surface area contributed by atoms with Crippen LogP contribution in [0.15, 0.2) is 59.5 Å². The zero-order valence-electron chi connectivity index (χ0n) is 14.5. The maximum absolute atomic E-state index is 12.7. The predicted octanol–water partition coefficient (Wildman–Crippen LogP) is 2.03. The molecule has 0 fully saturated rings. The van der Waals surface area contributed by atoms with Gasteiger partial charge in [-0.3, -0.25) is 9.63 Å². The minimum Gasteiger partial charge on any atom is -0.321 e. The summed E-state index contributed by atoms with van der Waals surface area (Å²) in [6, 6.07) is 16.8. The second-order valence-corrected chi connectivity index (χ2v) is 7.36. The molecule has 0 aliphatic carbocycles. The Hall–Kier alpha value is -2.73. The Bertz CT molecular complexity index is 890. The average molecular weight is 373 g/mol. The van der Waals surface area contributed by atoms with E-state index in [0.717, 1.165) is 10.0 Å². The third kappa shape index (κ3) is 4.46. The van der Waals surface area contributed by atoms with Crippen LogP contribution in [0.25, 0.3) is 0 Å². The van der Waals surface area contributed by atoms with Gasteiger partial charge in [0.15, 0.2) is 0 Å². The number of sulfonamides is 1. The Morgan fingerprint density at radius 1 is 1.12 bits per heavy atom. The van der Waals surface area contributed by atoms with Crippen LogP contribution in [0, 0.1) is 11.3 Å². The number of amides is 1. The quantitative estimate of drug-likeness (QED) is 0.547. The Morgan fingerprint density at radius 3 is 2.27 bits per heavy atom. The highest BCUT2D eigenvalue weighted by molar-refractivity contribution is 7.89. The van der Waals surface area contributed by atoms with E-state index in [0.29, 0.717) is 12.1 Å². The van der Waals surface area contributed by atoms with Crippen molar-refractivity contribution in [2.75, 3.05) is 20.7 Å². The molecule has 0 aromatic heterocycles. The van der Waals surface area contributed by atoms with E-state index < -0.39 is 10.0 Å². The molecule has 2 aromatic rings. The fourth-order valence-corrected chi connectivity index (χ4v) is 3.26. The van der Waals surface area contributed by atoms with Crippen LogP contribution >= 0.6 is 0 Å². The molecule has 0 bridgehead atoms. The van der Waals surface area contributed by atoms with Gasteiger partial charge in [0.25, 0.3) is 15.9 Å². The van der Waals surface area contributed by atoms with Gasteiger partial charge in [0.05, 0.1) is 18.1 Å². The van der Waals surface area contributed by atoms with Gasteiger partial charge in [-0.25, -0.2) is 8.42 Å². The lowest BCUT2D eigenvalue weighted by Crippen LogP contribution is -2.31.